The highest BCUT2D eigenvalue weighted by Crippen LogP contribution is 2.31. The lowest BCUT2D eigenvalue weighted by atomic mass is 9.92. The topological polar surface area (TPSA) is 123 Å². The van der Waals surface area contributed by atoms with Crippen LogP contribution in [0.25, 0.3) is 0 Å². The van der Waals surface area contributed by atoms with Crippen molar-refractivity contribution in [3.63, 3.8) is 0 Å². The first-order valence-corrected chi connectivity index (χ1v) is 9.25. The van der Waals surface area contributed by atoms with Gasteiger partial charge in [-0.25, -0.2) is 13.2 Å². The molecule has 0 spiro atoms. The lowest BCUT2D eigenvalue weighted by Crippen LogP contribution is -2.67. The van der Waals surface area contributed by atoms with E-state index >= 15 is 0 Å². The van der Waals surface area contributed by atoms with Crippen LogP contribution < -0.4 is 21.8 Å². The maximum absolute atomic E-state index is 14.5. The number of benzene rings is 2. The fourth-order valence-electron chi connectivity index (χ4n) is 3.18. The highest BCUT2D eigenvalue weighted by atomic mass is 19.2. The van der Waals surface area contributed by atoms with Crippen molar-refractivity contribution < 1.29 is 28.3 Å². The molecule has 0 aromatic heterocycles. The van der Waals surface area contributed by atoms with Gasteiger partial charge in [0.05, 0.1) is 36.2 Å². The number of amides is 1. The average Bonchev–Trinajstić information content (AvgIpc) is 2.69. The molecule has 166 valence electrons. The van der Waals surface area contributed by atoms with Crippen LogP contribution in [0.5, 0.6) is 0 Å². The van der Waals surface area contributed by atoms with E-state index < -0.39 is 34.6 Å². The van der Waals surface area contributed by atoms with Crippen molar-refractivity contribution >= 4 is 17.3 Å². The van der Waals surface area contributed by atoms with Crippen LogP contribution in [0, 0.1) is 24.4 Å². The van der Waals surface area contributed by atoms with Gasteiger partial charge in [0, 0.05) is 6.54 Å². The third-order valence-electron chi connectivity index (χ3n) is 4.81. The van der Waals surface area contributed by atoms with E-state index in [0.717, 1.165) is 18.3 Å². The summed E-state index contributed by atoms with van der Waals surface area (Å²) in [6.45, 7) is 1.46. The summed E-state index contributed by atoms with van der Waals surface area (Å²) in [4.78, 5) is 14.1. The number of rotatable bonds is 7. The van der Waals surface area contributed by atoms with Crippen molar-refractivity contribution in [3.8, 4) is 0 Å². The van der Waals surface area contributed by atoms with Crippen molar-refractivity contribution in [2.45, 2.75) is 12.5 Å². The number of nitrogens with zero attached hydrogens (tertiary/aromatic N) is 1. The van der Waals surface area contributed by atoms with Gasteiger partial charge in [-0.05, 0) is 36.8 Å². The standard InChI is InChI=1S/C20H22F3N5O3/c1-11-2-5-15(14(22)6-11)27-18-12(3-4-13(21)17(18)23)19(29)28-9-20(30,10-28)8-25-16(24)7-26-31/h2-7,25-27,30-31H,8-10,24H2,1H3/b16-7+. The summed E-state index contributed by atoms with van der Waals surface area (Å²) in [5.74, 6) is -3.81. The van der Waals surface area contributed by atoms with Crippen LogP contribution in [0.15, 0.2) is 42.4 Å². The molecule has 1 amide bonds. The average molecular weight is 437 g/mol. The number of aliphatic hydroxyl groups is 1. The van der Waals surface area contributed by atoms with Gasteiger partial charge < -0.3 is 26.4 Å². The Hall–Kier alpha value is -3.44. The number of hydroxylamine groups is 1. The van der Waals surface area contributed by atoms with Crippen molar-refractivity contribution in [2.24, 2.45) is 5.73 Å². The quantitative estimate of drug-likeness (QED) is 0.364. The first kappa shape index (κ1) is 22.2. The van der Waals surface area contributed by atoms with Crippen molar-refractivity contribution in [1.29, 1.82) is 0 Å². The molecule has 1 fully saturated rings. The Labute approximate surface area is 176 Å². The molecule has 0 unspecified atom stereocenters. The van der Waals surface area contributed by atoms with Gasteiger partial charge in [-0.1, -0.05) is 6.07 Å². The Morgan fingerprint density at radius 1 is 1.23 bits per heavy atom. The van der Waals surface area contributed by atoms with Crippen LogP contribution in [-0.2, 0) is 0 Å². The Morgan fingerprint density at radius 3 is 2.58 bits per heavy atom. The fourth-order valence-corrected chi connectivity index (χ4v) is 3.18. The van der Waals surface area contributed by atoms with Crippen LogP contribution in [0.2, 0.25) is 0 Å². The fraction of sp³-hybridized carbons (Fsp3) is 0.250. The minimum absolute atomic E-state index is 0.0156. The third-order valence-corrected chi connectivity index (χ3v) is 4.81. The van der Waals surface area contributed by atoms with Gasteiger partial charge in [0.2, 0.25) is 0 Å². The molecule has 3 rings (SSSR count). The summed E-state index contributed by atoms with van der Waals surface area (Å²) in [6, 6.07) is 6.06. The number of likely N-dealkylation sites (tertiary alicyclic amines) is 1. The molecule has 1 aliphatic rings. The van der Waals surface area contributed by atoms with E-state index in [2.05, 4.69) is 10.6 Å². The summed E-state index contributed by atoms with van der Waals surface area (Å²) in [5.41, 5.74) is 5.76. The molecule has 0 radical (unpaired) electrons. The van der Waals surface area contributed by atoms with E-state index in [1.165, 1.54) is 17.0 Å². The molecule has 7 N–H and O–H groups in total. The molecule has 1 heterocycles. The van der Waals surface area contributed by atoms with Gasteiger partial charge in [0.25, 0.3) is 5.91 Å². The molecule has 2 aromatic carbocycles. The molecule has 2 aromatic rings. The summed E-state index contributed by atoms with van der Waals surface area (Å²) >= 11 is 0. The number of β-amino-alcohol motifs (C(OH)–C–C–N with tert-alkyl or cyclic N) is 1. The molecule has 0 saturated carbocycles. The number of carbonyl (C=O) groups excluding carboxylic acids is 1. The molecule has 0 atom stereocenters. The van der Waals surface area contributed by atoms with Crippen LogP contribution in [-0.4, -0.2) is 46.4 Å². The predicted molar refractivity (Wildman–Crippen MR) is 107 cm³/mol. The number of hydrogen-bond donors (Lipinski definition) is 6. The lowest BCUT2D eigenvalue weighted by molar-refractivity contribution is -0.0773. The second kappa shape index (κ2) is 8.74. The molecule has 8 nitrogen and oxygen atoms in total. The van der Waals surface area contributed by atoms with Gasteiger partial charge >= 0.3 is 0 Å². The van der Waals surface area contributed by atoms with E-state index in [-0.39, 0.29) is 36.7 Å². The number of nitrogens with one attached hydrogen (secondary N) is 3. The van der Waals surface area contributed by atoms with Gasteiger partial charge in [-0.2, -0.15) is 0 Å². The molecule has 0 aliphatic carbocycles. The van der Waals surface area contributed by atoms with Gasteiger partial charge in [0.15, 0.2) is 11.6 Å². The highest BCUT2D eigenvalue weighted by molar-refractivity contribution is 6.01. The van der Waals surface area contributed by atoms with E-state index in [9.17, 15) is 23.1 Å². The molecule has 0 bridgehead atoms. The summed E-state index contributed by atoms with van der Waals surface area (Å²) < 4.78 is 42.5. The van der Waals surface area contributed by atoms with Gasteiger partial charge in [0.1, 0.15) is 17.2 Å². The zero-order valence-corrected chi connectivity index (χ0v) is 16.5. The monoisotopic (exact) mass is 437 g/mol. The first-order chi connectivity index (χ1) is 14.6. The third kappa shape index (κ3) is 4.84. The van der Waals surface area contributed by atoms with Crippen LogP contribution in [0.4, 0.5) is 24.5 Å². The number of anilines is 2. The SMILES string of the molecule is Cc1ccc(Nc2c(C(=O)N3CC(O)(CN/C(N)=C/NO)C3)ccc(F)c2F)c(F)c1. The molecular formula is C20H22F3N5O3. The van der Waals surface area contributed by atoms with E-state index in [4.69, 9.17) is 10.9 Å². The minimum atomic E-state index is -1.32. The Kier molecular flexibility index (Phi) is 6.27. The smallest absolute Gasteiger partial charge is 0.256 e. The van der Waals surface area contributed by atoms with E-state index in [1.54, 1.807) is 18.5 Å². The predicted octanol–water partition coefficient (Wildman–Crippen LogP) is 1.67. The van der Waals surface area contributed by atoms with Crippen molar-refractivity contribution in [2.75, 3.05) is 25.0 Å². The zero-order chi connectivity index (χ0) is 22.8. The Balaban J connectivity index is 1.78. The summed E-state index contributed by atoms with van der Waals surface area (Å²) in [5, 5.41) is 24.1. The zero-order valence-electron chi connectivity index (χ0n) is 16.5. The molecular weight excluding hydrogens is 415 g/mol. The van der Waals surface area contributed by atoms with Crippen LogP contribution in [0.3, 0.4) is 0 Å². The number of aryl methyl sites for hydroxylation is 1. The molecule has 1 saturated heterocycles. The Bertz CT molecular complexity index is 1030. The van der Waals surface area contributed by atoms with Crippen molar-refractivity contribution in [1.82, 2.24) is 15.7 Å². The minimum Gasteiger partial charge on any atom is -0.384 e. The van der Waals surface area contributed by atoms with Crippen molar-refractivity contribution in [3.05, 3.63) is 70.9 Å². The number of carbonyl (C=O) groups is 1. The normalized spacial score (nSPS) is 15.3. The number of halogens is 3. The highest BCUT2D eigenvalue weighted by Gasteiger charge is 2.44. The molecule has 1 aliphatic heterocycles. The summed E-state index contributed by atoms with van der Waals surface area (Å²) in [7, 11) is 0. The number of hydrogen-bond acceptors (Lipinski definition) is 7. The molecule has 11 heteroatoms. The second-order valence-corrected chi connectivity index (χ2v) is 7.36. The Morgan fingerprint density at radius 2 is 1.94 bits per heavy atom. The number of nitrogens with two attached hydrogens (primary N) is 1. The van der Waals surface area contributed by atoms with Crippen LogP contribution in [0.1, 0.15) is 15.9 Å². The summed E-state index contributed by atoms with van der Waals surface area (Å²) in [6.07, 6.45) is 1.06. The first-order valence-electron chi connectivity index (χ1n) is 9.25. The second-order valence-electron chi connectivity index (χ2n) is 7.36. The van der Waals surface area contributed by atoms with Crippen LogP contribution >= 0.6 is 0 Å². The molecule has 31 heavy (non-hydrogen) atoms. The maximum Gasteiger partial charge on any atom is 0.256 e. The van der Waals surface area contributed by atoms with E-state index in [0.29, 0.717) is 5.56 Å². The van der Waals surface area contributed by atoms with E-state index in [1.807, 2.05) is 0 Å². The largest absolute Gasteiger partial charge is 0.384 e. The van der Waals surface area contributed by atoms with Gasteiger partial charge in [-0.15, -0.1) is 0 Å². The van der Waals surface area contributed by atoms with Gasteiger partial charge in [-0.3, -0.25) is 15.5 Å². The maximum atomic E-state index is 14.5. The lowest BCUT2D eigenvalue weighted by Gasteiger charge is -2.46.